The van der Waals surface area contributed by atoms with Gasteiger partial charge in [-0.1, -0.05) is 45.5 Å². The molecular formula is C24H16BrN3O4S. The molecule has 164 valence electrons. The number of ketones is 1. The number of aromatic nitrogens is 2. The molecule has 0 aliphatic rings. The van der Waals surface area contributed by atoms with Crippen molar-refractivity contribution in [2.24, 2.45) is 0 Å². The molecule has 0 unspecified atom stereocenters. The van der Waals surface area contributed by atoms with Crippen molar-refractivity contribution in [3.63, 3.8) is 0 Å². The summed E-state index contributed by atoms with van der Waals surface area (Å²) in [5.41, 5.74) is 2.36. The Morgan fingerprint density at radius 3 is 2.27 bits per heavy atom. The first-order valence-corrected chi connectivity index (χ1v) is 11.3. The number of carbonyl (C=O) groups is 2. The monoisotopic (exact) mass is 521 g/mol. The highest BCUT2D eigenvalue weighted by Gasteiger charge is 2.12. The van der Waals surface area contributed by atoms with E-state index in [-0.39, 0.29) is 23.2 Å². The second kappa shape index (κ2) is 9.76. The SMILES string of the molecule is O=C(/C=C/c1ccc(C(=O)Nc2nnc(-c3ccc(O)c(O)c3)s2)cc1)c1ccc(Br)cc1. The molecule has 0 aliphatic heterocycles. The summed E-state index contributed by atoms with van der Waals surface area (Å²) in [6.45, 7) is 0. The Balaban J connectivity index is 1.39. The molecule has 7 nitrogen and oxygen atoms in total. The molecule has 0 radical (unpaired) electrons. The fraction of sp³-hybridized carbons (Fsp3) is 0. The summed E-state index contributed by atoms with van der Waals surface area (Å²) in [6.07, 6.45) is 3.18. The van der Waals surface area contributed by atoms with Crippen molar-refractivity contribution in [1.82, 2.24) is 10.2 Å². The second-order valence-corrected chi connectivity index (χ2v) is 8.79. The summed E-state index contributed by atoms with van der Waals surface area (Å²) < 4.78 is 0.904. The molecule has 0 saturated heterocycles. The van der Waals surface area contributed by atoms with Crippen LogP contribution in [0.5, 0.6) is 11.5 Å². The van der Waals surface area contributed by atoms with Crippen molar-refractivity contribution in [3.8, 4) is 22.1 Å². The zero-order valence-electron chi connectivity index (χ0n) is 16.9. The Labute approximate surface area is 201 Å². The highest BCUT2D eigenvalue weighted by molar-refractivity contribution is 9.10. The first-order valence-electron chi connectivity index (χ1n) is 9.64. The number of carbonyl (C=O) groups excluding carboxylic acids is 2. The van der Waals surface area contributed by atoms with Crippen molar-refractivity contribution in [2.75, 3.05) is 5.32 Å². The van der Waals surface area contributed by atoms with Crippen molar-refractivity contribution >= 4 is 50.2 Å². The van der Waals surface area contributed by atoms with Crippen molar-refractivity contribution < 1.29 is 19.8 Å². The van der Waals surface area contributed by atoms with Crippen LogP contribution >= 0.6 is 27.3 Å². The largest absolute Gasteiger partial charge is 0.504 e. The van der Waals surface area contributed by atoms with E-state index in [9.17, 15) is 19.8 Å². The third-order valence-electron chi connectivity index (χ3n) is 4.60. The van der Waals surface area contributed by atoms with E-state index in [1.54, 1.807) is 48.5 Å². The maximum absolute atomic E-state index is 12.5. The number of halogens is 1. The number of hydrogen-bond acceptors (Lipinski definition) is 7. The molecule has 9 heteroatoms. The molecule has 0 fully saturated rings. The van der Waals surface area contributed by atoms with Gasteiger partial charge in [-0.3, -0.25) is 14.9 Å². The maximum Gasteiger partial charge on any atom is 0.257 e. The lowest BCUT2D eigenvalue weighted by Gasteiger charge is -2.02. The quantitative estimate of drug-likeness (QED) is 0.175. The van der Waals surface area contributed by atoms with E-state index in [2.05, 4.69) is 31.4 Å². The zero-order chi connectivity index (χ0) is 23.4. The first-order chi connectivity index (χ1) is 15.9. The number of amides is 1. The van der Waals surface area contributed by atoms with E-state index in [1.807, 2.05) is 12.1 Å². The molecule has 0 aliphatic carbocycles. The molecule has 4 aromatic rings. The van der Waals surface area contributed by atoms with Gasteiger partial charge in [-0.05, 0) is 66.2 Å². The average molecular weight is 522 g/mol. The van der Waals surface area contributed by atoms with Gasteiger partial charge in [0, 0.05) is 21.2 Å². The molecule has 1 aromatic heterocycles. The Kier molecular flexibility index (Phi) is 6.62. The second-order valence-electron chi connectivity index (χ2n) is 6.90. The number of phenolic OH excluding ortho intramolecular Hbond substituents is 2. The van der Waals surface area contributed by atoms with Crippen LogP contribution in [0.3, 0.4) is 0 Å². The van der Waals surface area contributed by atoms with Gasteiger partial charge in [-0.2, -0.15) is 0 Å². The first kappa shape index (κ1) is 22.4. The van der Waals surface area contributed by atoms with Gasteiger partial charge in [0.1, 0.15) is 5.01 Å². The molecule has 4 rings (SSSR count). The lowest BCUT2D eigenvalue weighted by Crippen LogP contribution is -2.11. The maximum atomic E-state index is 12.5. The van der Waals surface area contributed by atoms with Gasteiger partial charge in [0.15, 0.2) is 17.3 Å². The Bertz CT molecular complexity index is 1350. The van der Waals surface area contributed by atoms with Crippen LogP contribution in [-0.4, -0.2) is 32.1 Å². The topological polar surface area (TPSA) is 112 Å². The molecule has 3 aromatic carbocycles. The van der Waals surface area contributed by atoms with E-state index in [4.69, 9.17) is 0 Å². The zero-order valence-corrected chi connectivity index (χ0v) is 19.3. The van der Waals surface area contributed by atoms with Crippen LogP contribution in [-0.2, 0) is 0 Å². The number of hydrogen-bond donors (Lipinski definition) is 3. The van der Waals surface area contributed by atoms with E-state index in [1.165, 1.54) is 18.2 Å². The summed E-state index contributed by atoms with van der Waals surface area (Å²) in [5.74, 6) is -0.959. The molecule has 0 spiro atoms. The highest BCUT2D eigenvalue weighted by Crippen LogP contribution is 2.33. The normalized spacial score (nSPS) is 10.9. The molecular weight excluding hydrogens is 506 g/mol. The van der Waals surface area contributed by atoms with Gasteiger partial charge in [0.05, 0.1) is 0 Å². The summed E-state index contributed by atoms with van der Waals surface area (Å²) >= 11 is 4.48. The molecule has 0 saturated carbocycles. The van der Waals surface area contributed by atoms with Gasteiger partial charge in [0.2, 0.25) is 5.13 Å². The Morgan fingerprint density at radius 2 is 1.58 bits per heavy atom. The minimum Gasteiger partial charge on any atom is -0.504 e. The fourth-order valence-corrected chi connectivity index (χ4v) is 3.84. The van der Waals surface area contributed by atoms with Gasteiger partial charge in [-0.25, -0.2) is 0 Å². The Morgan fingerprint density at radius 1 is 0.879 bits per heavy atom. The van der Waals surface area contributed by atoms with Gasteiger partial charge >= 0.3 is 0 Å². The van der Waals surface area contributed by atoms with Crippen molar-refractivity contribution in [1.29, 1.82) is 0 Å². The van der Waals surface area contributed by atoms with Gasteiger partial charge in [0.25, 0.3) is 5.91 Å². The van der Waals surface area contributed by atoms with E-state index in [0.717, 1.165) is 21.4 Å². The predicted molar refractivity (Wildman–Crippen MR) is 131 cm³/mol. The smallest absolute Gasteiger partial charge is 0.257 e. The Hall–Kier alpha value is -3.82. The van der Waals surface area contributed by atoms with Crippen LogP contribution in [0, 0.1) is 0 Å². The van der Waals surface area contributed by atoms with Crippen LogP contribution in [0.4, 0.5) is 5.13 Å². The third-order valence-corrected chi connectivity index (χ3v) is 6.01. The van der Waals surface area contributed by atoms with Crippen molar-refractivity contribution in [3.05, 3.63) is 94.0 Å². The standard InChI is InChI=1S/C24H16BrN3O4S/c25-18-9-6-15(7-10-18)19(29)11-3-14-1-4-16(5-2-14)22(32)26-24-28-27-23(33-24)17-8-12-20(30)21(31)13-17/h1-13,30-31H,(H,26,28,32)/b11-3+. The number of nitrogens with zero attached hydrogens (tertiary/aromatic N) is 2. The van der Waals surface area contributed by atoms with Crippen LogP contribution in [0.15, 0.2) is 77.3 Å². The van der Waals surface area contributed by atoms with Gasteiger partial charge < -0.3 is 10.2 Å². The fourth-order valence-electron chi connectivity index (χ4n) is 2.84. The summed E-state index contributed by atoms with van der Waals surface area (Å²) in [5, 5.41) is 30.5. The van der Waals surface area contributed by atoms with Crippen molar-refractivity contribution in [2.45, 2.75) is 0 Å². The van der Waals surface area contributed by atoms with Crippen LogP contribution in [0.25, 0.3) is 16.6 Å². The van der Waals surface area contributed by atoms with E-state index >= 15 is 0 Å². The van der Waals surface area contributed by atoms with Crippen LogP contribution in [0.1, 0.15) is 26.3 Å². The molecule has 3 N–H and O–H groups in total. The highest BCUT2D eigenvalue weighted by atomic mass is 79.9. The lowest BCUT2D eigenvalue weighted by atomic mass is 10.1. The molecule has 33 heavy (non-hydrogen) atoms. The van der Waals surface area contributed by atoms with Crippen LogP contribution < -0.4 is 5.32 Å². The number of rotatable bonds is 6. The number of allylic oxidation sites excluding steroid dienone is 1. The summed E-state index contributed by atoms with van der Waals surface area (Å²) in [7, 11) is 0. The summed E-state index contributed by atoms with van der Waals surface area (Å²) in [4.78, 5) is 24.8. The van der Waals surface area contributed by atoms with E-state index < -0.39 is 0 Å². The third kappa shape index (κ3) is 5.51. The van der Waals surface area contributed by atoms with E-state index in [0.29, 0.717) is 26.8 Å². The average Bonchev–Trinajstić information content (AvgIpc) is 3.28. The van der Waals surface area contributed by atoms with Crippen LogP contribution in [0.2, 0.25) is 0 Å². The number of aromatic hydroxyl groups is 2. The predicted octanol–water partition coefficient (Wildman–Crippen LogP) is 5.53. The number of benzene rings is 3. The number of anilines is 1. The molecule has 0 atom stereocenters. The summed E-state index contributed by atoms with van der Waals surface area (Å²) in [6, 6.07) is 18.2. The molecule has 1 heterocycles. The number of nitrogens with one attached hydrogen (secondary N) is 1. The number of phenols is 2. The lowest BCUT2D eigenvalue weighted by molar-refractivity contribution is 0.102. The minimum atomic E-state index is -0.354. The molecule has 1 amide bonds. The molecule has 0 bridgehead atoms. The minimum absolute atomic E-state index is 0.113. The van der Waals surface area contributed by atoms with Gasteiger partial charge in [-0.15, -0.1) is 10.2 Å².